The Morgan fingerprint density at radius 3 is 2.50 bits per heavy atom. The summed E-state index contributed by atoms with van der Waals surface area (Å²) in [7, 11) is 1.50. The Morgan fingerprint density at radius 1 is 1.17 bits per heavy atom. The van der Waals surface area contributed by atoms with Gasteiger partial charge in [-0.1, -0.05) is 52.0 Å². The predicted molar refractivity (Wildman–Crippen MR) is 74.7 cm³/mol. The van der Waals surface area contributed by atoms with Gasteiger partial charge in [-0.15, -0.1) is 0 Å². The second-order valence-electron chi connectivity index (χ2n) is 5.00. The highest BCUT2D eigenvalue weighted by atomic mass is 19.1. The van der Waals surface area contributed by atoms with Gasteiger partial charge in [-0.2, -0.15) is 0 Å². The van der Waals surface area contributed by atoms with E-state index in [0.29, 0.717) is 11.7 Å². The molecule has 0 heterocycles. The largest absolute Gasteiger partial charge is 0.494 e. The highest BCUT2D eigenvalue weighted by Gasteiger charge is 2.09. The molecule has 0 radical (unpaired) electrons. The van der Waals surface area contributed by atoms with Gasteiger partial charge in [-0.25, -0.2) is 4.39 Å². The van der Waals surface area contributed by atoms with Crippen molar-refractivity contribution in [3.8, 4) is 5.75 Å². The molecule has 0 saturated carbocycles. The van der Waals surface area contributed by atoms with E-state index in [0.717, 1.165) is 12.0 Å². The van der Waals surface area contributed by atoms with E-state index in [1.165, 1.54) is 39.2 Å². The van der Waals surface area contributed by atoms with Gasteiger partial charge in [0.2, 0.25) is 0 Å². The van der Waals surface area contributed by atoms with Crippen LogP contribution in [-0.2, 0) is 0 Å². The molecule has 1 unspecified atom stereocenters. The maximum atomic E-state index is 13.6. The Balaban J connectivity index is 2.41. The number of hydrogen-bond acceptors (Lipinski definition) is 1. The number of halogens is 1. The third-order valence-corrected chi connectivity index (χ3v) is 3.49. The molecule has 1 atom stereocenters. The van der Waals surface area contributed by atoms with Crippen molar-refractivity contribution in [3.05, 3.63) is 29.6 Å². The van der Waals surface area contributed by atoms with Gasteiger partial charge in [-0.05, 0) is 30.0 Å². The molecule has 0 aliphatic carbocycles. The van der Waals surface area contributed by atoms with Crippen LogP contribution in [-0.4, -0.2) is 7.11 Å². The van der Waals surface area contributed by atoms with Gasteiger partial charge < -0.3 is 4.74 Å². The summed E-state index contributed by atoms with van der Waals surface area (Å²) in [5.74, 6) is 0.494. The fraction of sp³-hybridized carbons (Fsp3) is 0.625. The molecule has 0 aromatic heterocycles. The maximum Gasteiger partial charge on any atom is 0.165 e. The van der Waals surface area contributed by atoms with E-state index in [2.05, 4.69) is 13.8 Å². The van der Waals surface area contributed by atoms with Crippen LogP contribution >= 0.6 is 0 Å². The van der Waals surface area contributed by atoms with Gasteiger partial charge in [0.15, 0.2) is 11.6 Å². The van der Waals surface area contributed by atoms with E-state index in [4.69, 9.17) is 4.74 Å². The van der Waals surface area contributed by atoms with Gasteiger partial charge >= 0.3 is 0 Å². The SMILES string of the molecule is CCCCCCCC(C)c1ccc(OC)c(F)c1. The van der Waals surface area contributed by atoms with E-state index in [9.17, 15) is 4.39 Å². The van der Waals surface area contributed by atoms with Crippen LogP contribution in [0.1, 0.15) is 63.9 Å². The summed E-state index contributed by atoms with van der Waals surface area (Å²) in [6.07, 6.45) is 7.58. The minimum Gasteiger partial charge on any atom is -0.494 e. The molecule has 0 bridgehead atoms. The summed E-state index contributed by atoms with van der Waals surface area (Å²) < 4.78 is 18.5. The third-order valence-electron chi connectivity index (χ3n) is 3.49. The average Bonchev–Trinajstić information content (AvgIpc) is 2.38. The highest BCUT2D eigenvalue weighted by molar-refractivity contribution is 5.30. The molecule has 1 aromatic rings. The van der Waals surface area contributed by atoms with Crippen molar-refractivity contribution >= 4 is 0 Å². The number of benzene rings is 1. The van der Waals surface area contributed by atoms with Gasteiger partial charge in [0.25, 0.3) is 0 Å². The van der Waals surface area contributed by atoms with E-state index in [1.807, 2.05) is 6.07 Å². The first-order valence-corrected chi connectivity index (χ1v) is 7.02. The number of ether oxygens (including phenoxy) is 1. The molecule has 1 nitrogen and oxygen atoms in total. The molecule has 102 valence electrons. The Morgan fingerprint density at radius 2 is 1.89 bits per heavy atom. The van der Waals surface area contributed by atoms with Crippen LogP contribution < -0.4 is 4.74 Å². The Bertz CT molecular complexity index is 349. The summed E-state index contributed by atoms with van der Waals surface area (Å²) in [6.45, 7) is 4.39. The Labute approximate surface area is 110 Å². The molecule has 0 fully saturated rings. The van der Waals surface area contributed by atoms with Crippen molar-refractivity contribution in [2.45, 2.75) is 58.3 Å². The normalized spacial score (nSPS) is 12.4. The number of hydrogen-bond donors (Lipinski definition) is 0. The topological polar surface area (TPSA) is 9.23 Å². The molecule has 18 heavy (non-hydrogen) atoms. The highest BCUT2D eigenvalue weighted by Crippen LogP contribution is 2.26. The van der Waals surface area contributed by atoms with Crippen molar-refractivity contribution in [3.63, 3.8) is 0 Å². The molecule has 1 rings (SSSR count). The molecule has 2 heteroatoms. The van der Waals surface area contributed by atoms with Crippen LogP contribution in [0.25, 0.3) is 0 Å². The standard InChI is InChI=1S/C16H25FO/c1-4-5-6-7-8-9-13(2)14-10-11-16(18-3)15(17)12-14/h10-13H,4-9H2,1-3H3. The zero-order valence-corrected chi connectivity index (χ0v) is 11.8. The lowest BCUT2D eigenvalue weighted by molar-refractivity contribution is 0.385. The minimum atomic E-state index is -0.257. The van der Waals surface area contributed by atoms with Crippen LogP contribution in [0, 0.1) is 5.82 Å². The lowest BCUT2D eigenvalue weighted by Gasteiger charge is -2.13. The van der Waals surface area contributed by atoms with Gasteiger partial charge in [0.1, 0.15) is 0 Å². The van der Waals surface area contributed by atoms with Crippen molar-refractivity contribution in [1.29, 1.82) is 0 Å². The fourth-order valence-electron chi connectivity index (χ4n) is 2.21. The Hall–Kier alpha value is -1.05. The first-order chi connectivity index (χ1) is 8.69. The van der Waals surface area contributed by atoms with Gasteiger partial charge in [0, 0.05) is 0 Å². The minimum absolute atomic E-state index is 0.257. The van der Waals surface area contributed by atoms with E-state index in [-0.39, 0.29) is 5.82 Å². The second-order valence-corrected chi connectivity index (χ2v) is 5.00. The van der Waals surface area contributed by atoms with E-state index < -0.39 is 0 Å². The molecular formula is C16H25FO. The first-order valence-electron chi connectivity index (χ1n) is 7.02. The van der Waals surface area contributed by atoms with Crippen LogP contribution in [0.5, 0.6) is 5.75 Å². The van der Waals surface area contributed by atoms with Crippen LogP contribution in [0.15, 0.2) is 18.2 Å². The van der Waals surface area contributed by atoms with Crippen molar-refractivity contribution in [1.82, 2.24) is 0 Å². The van der Waals surface area contributed by atoms with Crippen LogP contribution in [0.2, 0.25) is 0 Å². The molecule has 0 N–H and O–H groups in total. The summed E-state index contributed by atoms with van der Waals surface area (Å²) in [6, 6.07) is 5.30. The maximum absolute atomic E-state index is 13.6. The molecule has 0 amide bonds. The number of unbranched alkanes of at least 4 members (excludes halogenated alkanes) is 4. The molecule has 0 aliphatic heterocycles. The van der Waals surface area contributed by atoms with Crippen LogP contribution in [0.4, 0.5) is 4.39 Å². The average molecular weight is 252 g/mol. The quantitative estimate of drug-likeness (QED) is 0.570. The van der Waals surface area contributed by atoms with Crippen molar-refractivity contribution in [2.24, 2.45) is 0 Å². The summed E-state index contributed by atoms with van der Waals surface area (Å²) in [5, 5.41) is 0. The van der Waals surface area contributed by atoms with E-state index >= 15 is 0 Å². The van der Waals surface area contributed by atoms with Gasteiger partial charge in [0.05, 0.1) is 7.11 Å². The molecular weight excluding hydrogens is 227 g/mol. The molecule has 0 spiro atoms. The zero-order chi connectivity index (χ0) is 13.4. The van der Waals surface area contributed by atoms with E-state index in [1.54, 1.807) is 12.1 Å². The second kappa shape index (κ2) is 8.12. The van der Waals surface area contributed by atoms with Crippen molar-refractivity contribution < 1.29 is 9.13 Å². The zero-order valence-electron chi connectivity index (χ0n) is 11.8. The van der Waals surface area contributed by atoms with Crippen molar-refractivity contribution in [2.75, 3.05) is 7.11 Å². The van der Waals surface area contributed by atoms with Crippen LogP contribution in [0.3, 0.4) is 0 Å². The lowest BCUT2D eigenvalue weighted by atomic mass is 9.94. The summed E-state index contributed by atoms with van der Waals surface area (Å²) in [4.78, 5) is 0. The third kappa shape index (κ3) is 4.67. The monoisotopic (exact) mass is 252 g/mol. The summed E-state index contributed by atoms with van der Waals surface area (Å²) >= 11 is 0. The fourth-order valence-corrected chi connectivity index (χ4v) is 2.21. The predicted octanol–water partition coefficient (Wildman–Crippen LogP) is 5.30. The first kappa shape index (κ1) is 15.0. The lowest BCUT2D eigenvalue weighted by Crippen LogP contribution is -1.96. The Kier molecular flexibility index (Phi) is 6.77. The smallest absolute Gasteiger partial charge is 0.165 e. The number of methoxy groups -OCH3 is 1. The molecule has 0 saturated heterocycles. The molecule has 0 aliphatic rings. The summed E-state index contributed by atoms with van der Waals surface area (Å²) in [5.41, 5.74) is 1.07. The van der Waals surface area contributed by atoms with Gasteiger partial charge in [-0.3, -0.25) is 0 Å². The molecule has 1 aromatic carbocycles. The number of rotatable bonds is 8.